The van der Waals surface area contributed by atoms with Gasteiger partial charge in [0, 0.05) is 25.8 Å². The van der Waals surface area contributed by atoms with E-state index in [4.69, 9.17) is 14.2 Å². The molecule has 0 aromatic heterocycles. The lowest BCUT2D eigenvalue weighted by Crippen LogP contribution is -2.26. The van der Waals surface area contributed by atoms with E-state index in [1.807, 2.05) is 26.0 Å². The van der Waals surface area contributed by atoms with Crippen molar-refractivity contribution in [2.24, 2.45) is 0 Å². The molecule has 0 aliphatic rings. The SMILES string of the molecule is CCOCC(OCC)Oc1ccc(CNC(C)C)cc1. The molecule has 1 atom stereocenters. The Morgan fingerprint density at radius 1 is 1.05 bits per heavy atom. The quantitative estimate of drug-likeness (QED) is 0.669. The fourth-order valence-corrected chi connectivity index (χ4v) is 1.68. The van der Waals surface area contributed by atoms with E-state index in [0.29, 0.717) is 25.9 Å². The normalized spacial score (nSPS) is 12.7. The number of hydrogen-bond donors (Lipinski definition) is 1. The van der Waals surface area contributed by atoms with Crippen LogP contribution in [-0.2, 0) is 16.0 Å². The van der Waals surface area contributed by atoms with Gasteiger partial charge in [-0.3, -0.25) is 0 Å². The van der Waals surface area contributed by atoms with E-state index in [9.17, 15) is 0 Å². The maximum absolute atomic E-state index is 5.77. The van der Waals surface area contributed by atoms with Gasteiger partial charge in [-0.1, -0.05) is 26.0 Å². The Balaban J connectivity index is 2.49. The van der Waals surface area contributed by atoms with Crippen molar-refractivity contribution in [1.82, 2.24) is 5.32 Å². The van der Waals surface area contributed by atoms with Gasteiger partial charge < -0.3 is 19.5 Å². The summed E-state index contributed by atoms with van der Waals surface area (Å²) in [4.78, 5) is 0. The van der Waals surface area contributed by atoms with E-state index in [2.05, 4.69) is 31.3 Å². The van der Waals surface area contributed by atoms with Crippen molar-refractivity contribution in [1.29, 1.82) is 0 Å². The zero-order valence-electron chi connectivity index (χ0n) is 13.0. The molecule has 0 fully saturated rings. The summed E-state index contributed by atoms with van der Waals surface area (Å²) in [7, 11) is 0. The predicted octanol–water partition coefficient (Wildman–Crippen LogP) is 2.96. The summed E-state index contributed by atoms with van der Waals surface area (Å²) in [5.74, 6) is 0.802. The highest BCUT2D eigenvalue weighted by atomic mass is 16.7. The summed E-state index contributed by atoms with van der Waals surface area (Å²) in [6.07, 6.45) is -0.348. The molecule has 1 unspecified atom stereocenters. The standard InChI is InChI=1S/C16H27NO3/c1-5-18-12-16(19-6-2)20-15-9-7-14(8-10-15)11-17-13(3)4/h7-10,13,16-17H,5-6,11-12H2,1-4H3. The van der Waals surface area contributed by atoms with E-state index < -0.39 is 0 Å². The lowest BCUT2D eigenvalue weighted by Gasteiger charge is -2.19. The Morgan fingerprint density at radius 2 is 1.75 bits per heavy atom. The monoisotopic (exact) mass is 281 g/mol. The Kier molecular flexibility index (Phi) is 8.26. The molecule has 0 amide bonds. The van der Waals surface area contributed by atoms with Gasteiger partial charge in [-0.2, -0.15) is 0 Å². The number of nitrogens with one attached hydrogen (secondary N) is 1. The van der Waals surface area contributed by atoms with Crippen LogP contribution >= 0.6 is 0 Å². The van der Waals surface area contributed by atoms with Crippen LogP contribution in [0.1, 0.15) is 33.3 Å². The van der Waals surface area contributed by atoms with Crippen LogP contribution in [0.2, 0.25) is 0 Å². The van der Waals surface area contributed by atoms with Crippen molar-refractivity contribution >= 4 is 0 Å². The van der Waals surface area contributed by atoms with Crippen molar-refractivity contribution in [2.45, 2.75) is 46.6 Å². The Hall–Kier alpha value is -1.10. The van der Waals surface area contributed by atoms with E-state index in [1.54, 1.807) is 0 Å². The summed E-state index contributed by atoms with van der Waals surface area (Å²) < 4.78 is 16.6. The van der Waals surface area contributed by atoms with Gasteiger partial charge in [-0.25, -0.2) is 0 Å². The van der Waals surface area contributed by atoms with Crippen LogP contribution in [0.5, 0.6) is 5.75 Å². The molecule has 20 heavy (non-hydrogen) atoms. The van der Waals surface area contributed by atoms with Crippen molar-refractivity contribution in [3.63, 3.8) is 0 Å². The van der Waals surface area contributed by atoms with Gasteiger partial charge in [-0.05, 0) is 31.5 Å². The summed E-state index contributed by atoms with van der Waals surface area (Å²) in [6, 6.07) is 8.55. The molecule has 1 aromatic rings. The summed E-state index contributed by atoms with van der Waals surface area (Å²) in [5.41, 5.74) is 1.24. The predicted molar refractivity (Wildman–Crippen MR) is 81.0 cm³/mol. The molecule has 1 N–H and O–H groups in total. The van der Waals surface area contributed by atoms with Crippen LogP contribution in [-0.4, -0.2) is 32.2 Å². The first-order chi connectivity index (χ1) is 9.65. The smallest absolute Gasteiger partial charge is 0.223 e. The van der Waals surface area contributed by atoms with Crippen LogP contribution in [0, 0.1) is 0 Å². The Bertz CT molecular complexity index is 351. The number of hydrogen-bond acceptors (Lipinski definition) is 4. The lowest BCUT2D eigenvalue weighted by molar-refractivity contribution is -0.116. The van der Waals surface area contributed by atoms with E-state index in [1.165, 1.54) is 5.56 Å². The largest absolute Gasteiger partial charge is 0.462 e. The molecule has 114 valence electrons. The molecule has 1 aromatic carbocycles. The van der Waals surface area contributed by atoms with Gasteiger partial charge in [0.2, 0.25) is 6.29 Å². The minimum absolute atomic E-state index is 0.348. The van der Waals surface area contributed by atoms with Crippen molar-refractivity contribution in [2.75, 3.05) is 19.8 Å². The van der Waals surface area contributed by atoms with Crippen LogP contribution < -0.4 is 10.1 Å². The van der Waals surface area contributed by atoms with Gasteiger partial charge in [-0.15, -0.1) is 0 Å². The molecule has 4 heteroatoms. The first-order valence-electron chi connectivity index (χ1n) is 7.34. The fraction of sp³-hybridized carbons (Fsp3) is 0.625. The number of ether oxygens (including phenoxy) is 3. The zero-order chi connectivity index (χ0) is 14.8. The molecule has 0 heterocycles. The third-order valence-corrected chi connectivity index (χ3v) is 2.72. The minimum Gasteiger partial charge on any atom is -0.462 e. The Morgan fingerprint density at radius 3 is 2.30 bits per heavy atom. The maximum atomic E-state index is 5.77. The molecule has 1 rings (SSSR count). The van der Waals surface area contributed by atoms with Gasteiger partial charge in [0.1, 0.15) is 12.4 Å². The van der Waals surface area contributed by atoms with Crippen molar-refractivity contribution < 1.29 is 14.2 Å². The van der Waals surface area contributed by atoms with E-state index in [0.717, 1.165) is 12.3 Å². The van der Waals surface area contributed by atoms with Gasteiger partial charge in [0.25, 0.3) is 0 Å². The Labute approximate surface area is 122 Å². The highest BCUT2D eigenvalue weighted by Gasteiger charge is 2.10. The molecule has 0 aliphatic heterocycles. The highest BCUT2D eigenvalue weighted by molar-refractivity contribution is 5.27. The summed E-state index contributed by atoms with van der Waals surface area (Å²) in [6.45, 7) is 10.8. The third kappa shape index (κ3) is 6.89. The second kappa shape index (κ2) is 9.75. The highest BCUT2D eigenvalue weighted by Crippen LogP contribution is 2.14. The second-order valence-corrected chi connectivity index (χ2v) is 4.84. The minimum atomic E-state index is -0.348. The van der Waals surface area contributed by atoms with Gasteiger partial charge in [0.15, 0.2) is 0 Å². The zero-order valence-corrected chi connectivity index (χ0v) is 13.0. The first kappa shape index (κ1) is 17.0. The molecule has 0 saturated heterocycles. The first-order valence-corrected chi connectivity index (χ1v) is 7.34. The van der Waals surface area contributed by atoms with Crippen molar-refractivity contribution in [3.8, 4) is 5.75 Å². The van der Waals surface area contributed by atoms with Crippen molar-refractivity contribution in [3.05, 3.63) is 29.8 Å². The maximum Gasteiger partial charge on any atom is 0.223 e. The summed E-state index contributed by atoms with van der Waals surface area (Å²) in [5, 5.41) is 3.38. The van der Waals surface area contributed by atoms with Crippen LogP contribution in [0.25, 0.3) is 0 Å². The van der Waals surface area contributed by atoms with Crippen LogP contribution in [0.3, 0.4) is 0 Å². The molecule has 0 saturated carbocycles. The van der Waals surface area contributed by atoms with Gasteiger partial charge >= 0.3 is 0 Å². The van der Waals surface area contributed by atoms with Crippen LogP contribution in [0.4, 0.5) is 0 Å². The number of benzene rings is 1. The lowest BCUT2D eigenvalue weighted by atomic mass is 10.2. The molecule has 0 radical (unpaired) electrons. The average Bonchev–Trinajstić information content (AvgIpc) is 2.44. The van der Waals surface area contributed by atoms with E-state index in [-0.39, 0.29) is 6.29 Å². The summed E-state index contributed by atoms with van der Waals surface area (Å²) >= 11 is 0. The molecular weight excluding hydrogens is 254 g/mol. The average molecular weight is 281 g/mol. The molecule has 0 spiro atoms. The molecular formula is C16H27NO3. The molecule has 4 nitrogen and oxygen atoms in total. The topological polar surface area (TPSA) is 39.7 Å². The fourth-order valence-electron chi connectivity index (χ4n) is 1.68. The molecule has 0 aliphatic carbocycles. The van der Waals surface area contributed by atoms with E-state index >= 15 is 0 Å². The number of rotatable bonds is 10. The van der Waals surface area contributed by atoms with Gasteiger partial charge in [0.05, 0.1) is 0 Å². The molecule has 0 bridgehead atoms. The second-order valence-electron chi connectivity index (χ2n) is 4.84. The third-order valence-electron chi connectivity index (χ3n) is 2.72. The van der Waals surface area contributed by atoms with Crippen LogP contribution in [0.15, 0.2) is 24.3 Å².